The lowest BCUT2D eigenvalue weighted by Crippen LogP contribution is -2.42. The Balaban J connectivity index is 2.52. The minimum atomic E-state index is -0.855. The molecule has 1 fully saturated rings. The van der Waals surface area contributed by atoms with E-state index in [4.69, 9.17) is 10.8 Å². The Kier molecular flexibility index (Phi) is 2.52. The van der Waals surface area contributed by atoms with E-state index in [-0.39, 0.29) is 6.04 Å². The van der Waals surface area contributed by atoms with Gasteiger partial charge in [0.25, 0.3) is 0 Å². The summed E-state index contributed by atoms with van der Waals surface area (Å²) in [6.07, 6.45) is 2.17. The summed E-state index contributed by atoms with van der Waals surface area (Å²) in [5, 5.41) is 11.1. The molecule has 5 heteroatoms. The first-order valence-electron chi connectivity index (χ1n) is 3.90. The van der Waals surface area contributed by atoms with E-state index in [2.05, 4.69) is 5.32 Å². The Morgan fingerprint density at radius 1 is 1.42 bits per heavy atom. The summed E-state index contributed by atoms with van der Waals surface area (Å²) < 4.78 is 0. The van der Waals surface area contributed by atoms with E-state index in [1.165, 1.54) is 0 Å². The average molecular weight is 172 g/mol. The Labute approximate surface area is 69.9 Å². The molecule has 0 aromatic carbocycles. The fraction of sp³-hybridized carbons (Fsp3) is 0.714. The van der Waals surface area contributed by atoms with Crippen molar-refractivity contribution in [1.82, 2.24) is 5.32 Å². The molecule has 1 rings (SSSR count). The van der Waals surface area contributed by atoms with E-state index >= 15 is 0 Å². The maximum atomic E-state index is 10.6. The SMILES string of the molecule is NC(=O)N[C@@H]1CCC[C@@H]1C(=O)O. The predicted molar refractivity (Wildman–Crippen MR) is 41.5 cm³/mol. The highest BCUT2D eigenvalue weighted by molar-refractivity contribution is 5.75. The van der Waals surface area contributed by atoms with Crippen LogP contribution in [0.4, 0.5) is 4.79 Å². The molecule has 0 aliphatic heterocycles. The van der Waals surface area contributed by atoms with Crippen LogP contribution in [0.2, 0.25) is 0 Å². The predicted octanol–water partition coefficient (Wildman–Crippen LogP) is -0.0920. The van der Waals surface area contributed by atoms with Gasteiger partial charge in [-0.2, -0.15) is 0 Å². The standard InChI is InChI=1S/C7H12N2O3/c8-7(12)9-5-3-1-2-4(5)6(10)11/h4-5H,1-3H2,(H,10,11)(H3,8,9,12)/t4-,5+/m0/s1. The summed E-state index contributed by atoms with van der Waals surface area (Å²) in [5.41, 5.74) is 4.89. The fourth-order valence-corrected chi connectivity index (χ4v) is 1.61. The van der Waals surface area contributed by atoms with Gasteiger partial charge in [0.05, 0.1) is 5.92 Å². The van der Waals surface area contributed by atoms with Crippen molar-refractivity contribution < 1.29 is 14.7 Å². The average Bonchev–Trinajstić information content (AvgIpc) is 2.33. The summed E-state index contributed by atoms with van der Waals surface area (Å²) in [4.78, 5) is 21.0. The van der Waals surface area contributed by atoms with Gasteiger partial charge in [0, 0.05) is 6.04 Å². The lowest BCUT2D eigenvalue weighted by Gasteiger charge is -2.15. The molecular weight excluding hydrogens is 160 g/mol. The molecule has 1 aliphatic rings. The first-order chi connectivity index (χ1) is 5.61. The van der Waals surface area contributed by atoms with Gasteiger partial charge in [-0.25, -0.2) is 4.79 Å². The number of urea groups is 1. The van der Waals surface area contributed by atoms with E-state index in [1.807, 2.05) is 0 Å². The van der Waals surface area contributed by atoms with E-state index in [1.54, 1.807) is 0 Å². The molecule has 1 saturated carbocycles. The maximum Gasteiger partial charge on any atom is 0.312 e. The van der Waals surface area contributed by atoms with Crippen LogP contribution < -0.4 is 11.1 Å². The van der Waals surface area contributed by atoms with Crippen LogP contribution in [0.5, 0.6) is 0 Å². The fourth-order valence-electron chi connectivity index (χ4n) is 1.61. The highest BCUT2D eigenvalue weighted by atomic mass is 16.4. The molecule has 0 unspecified atom stereocenters. The molecule has 0 aromatic heterocycles. The highest BCUT2D eigenvalue weighted by Gasteiger charge is 2.33. The van der Waals surface area contributed by atoms with Gasteiger partial charge in [0.2, 0.25) is 0 Å². The van der Waals surface area contributed by atoms with Crippen LogP contribution in [-0.2, 0) is 4.79 Å². The molecule has 0 aromatic rings. The molecule has 5 nitrogen and oxygen atoms in total. The molecule has 1 aliphatic carbocycles. The second kappa shape index (κ2) is 3.42. The van der Waals surface area contributed by atoms with Gasteiger partial charge < -0.3 is 16.2 Å². The Hall–Kier alpha value is -1.26. The van der Waals surface area contributed by atoms with Gasteiger partial charge in [-0.05, 0) is 12.8 Å². The smallest absolute Gasteiger partial charge is 0.312 e. The third-order valence-electron chi connectivity index (χ3n) is 2.16. The minimum absolute atomic E-state index is 0.278. The molecule has 0 saturated heterocycles. The number of rotatable bonds is 2. The quantitative estimate of drug-likeness (QED) is 0.543. The number of carbonyl (C=O) groups is 2. The van der Waals surface area contributed by atoms with Crippen LogP contribution in [0.1, 0.15) is 19.3 Å². The van der Waals surface area contributed by atoms with E-state index in [0.29, 0.717) is 12.8 Å². The molecule has 68 valence electrons. The summed E-state index contributed by atoms with van der Waals surface area (Å²) in [6, 6.07) is -0.923. The van der Waals surface area contributed by atoms with Gasteiger partial charge in [-0.1, -0.05) is 6.42 Å². The number of carboxylic acids is 1. The highest BCUT2D eigenvalue weighted by Crippen LogP contribution is 2.25. The van der Waals surface area contributed by atoms with Gasteiger partial charge in [0.15, 0.2) is 0 Å². The van der Waals surface area contributed by atoms with Crippen molar-refractivity contribution >= 4 is 12.0 Å². The molecule has 0 heterocycles. The van der Waals surface area contributed by atoms with E-state index in [0.717, 1.165) is 6.42 Å². The minimum Gasteiger partial charge on any atom is -0.481 e. The zero-order chi connectivity index (χ0) is 9.14. The van der Waals surface area contributed by atoms with Gasteiger partial charge in [-0.3, -0.25) is 4.79 Å². The summed E-state index contributed by atoms with van der Waals surface area (Å²) >= 11 is 0. The normalized spacial score (nSPS) is 28.3. The third kappa shape index (κ3) is 1.87. The Morgan fingerprint density at radius 3 is 2.58 bits per heavy atom. The van der Waals surface area contributed by atoms with Gasteiger partial charge in [-0.15, -0.1) is 0 Å². The van der Waals surface area contributed by atoms with Crippen molar-refractivity contribution in [1.29, 1.82) is 0 Å². The monoisotopic (exact) mass is 172 g/mol. The van der Waals surface area contributed by atoms with Crippen molar-refractivity contribution in [3.63, 3.8) is 0 Å². The molecular formula is C7H12N2O3. The summed E-state index contributed by atoms with van der Waals surface area (Å²) in [6.45, 7) is 0. The molecule has 0 radical (unpaired) electrons. The van der Waals surface area contributed by atoms with Crippen LogP contribution >= 0.6 is 0 Å². The number of nitrogens with one attached hydrogen (secondary N) is 1. The molecule has 0 spiro atoms. The number of primary amides is 1. The van der Waals surface area contributed by atoms with Crippen LogP contribution in [-0.4, -0.2) is 23.1 Å². The largest absolute Gasteiger partial charge is 0.481 e. The number of amides is 2. The van der Waals surface area contributed by atoms with Crippen LogP contribution in [0.25, 0.3) is 0 Å². The molecule has 2 amide bonds. The van der Waals surface area contributed by atoms with Crippen molar-refractivity contribution in [3.05, 3.63) is 0 Å². The maximum absolute atomic E-state index is 10.6. The van der Waals surface area contributed by atoms with Crippen LogP contribution in [0.15, 0.2) is 0 Å². The van der Waals surface area contributed by atoms with Crippen molar-refractivity contribution in [2.75, 3.05) is 0 Å². The number of hydrogen-bond donors (Lipinski definition) is 3. The van der Waals surface area contributed by atoms with Crippen molar-refractivity contribution in [3.8, 4) is 0 Å². The summed E-state index contributed by atoms with van der Waals surface area (Å²) in [5.74, 6) is -1.32. The first kappa shape index (κ1) is 8.83. The Morgan fingerprint density at radius 2 is 2.08 bits per heavy atom. The van der Waals surface area contributed by atoms with Crippen LogP contribution in [0, 0.1) is 5.92 Å². The number of carbonyl (C=O) groups excluding carboxylic acids is 1. The molecule has 2 atom stereocenters. The Bertz CT molecular complexity index is 205. The number of carboxylic acid groups (broad SMARTS) is 1. The van der Waals surface area contributed by atoms with Gasteiger partial charge >= 0.3 is 12.0 Å². The zero-order valence-electron chi connectivity index (χ0n) is 6.62. The van der Waals surface area contributed by atoms with E-state index in [9.17, 15) is 9.59 Å². The zero-order valence-corrected chi connectivity index (χ0v) is 6.62. The third-order valence-corrected chi connectivity index (χ3v) is 2.16. The molecule has 0 bridgehead atoms. The topological polar surface area (TPSA) is 92.4 Å². The van der Waals surface area contributed by atoms with E-state index < -0.39 is 17.9 Å². The van der Waals surface area contributed by atoms with Crippen molar-refractivity contribution in [2.24, 2.45) is 11.7 Å². The number of hydrogen-bond acceptors (Lipinski definition) is 2. The second-order valence-corrected chi connectivity index (χ2v) is 2.99. The number of aliphatic carboxylic acids is 1. The van der Waals surface area contributed by atoms with Crippen molar-refractivity contribution in [2.45, 2.75) is 25.3 Å². The number of nitrogens with two attached hydrogens (primary N) is 1. The lowest BCUT2D eigenvalue weighted by atomic mass is 10.0. The van der Waals surface area contributed by atoms with Crippen LogP contribution in [0.3, 0.4) is 0 Å². The second-order valence-electron chi connectivity index (χ2n) is 2.99. The molecule has 12 heavy (non-hydrogen) atoms. The lowest BCUT2D eigenvalue weighted by molar-refractivity contribution is -0.142. The molecule has 4 N–H and O–H groups in total. The summed E-state index contributed by atoms with van der Waals surface area (Å²) in [7, 11) is 0. The van der Waals surface area contributed by atoms with Gasteiger partial charge in [0.1, 0.15) is 0 Å². The first-order valence-corrected chi connectivity index (χ1v) is 3.90.